The van der Waals surface area contributed by atoms with Gasteiger partial charge in [-0.15, -0.1) is 0 Å². The van der Waals surface area contributed by atoms with Crippen LogP contribution in [0.25, 0.3) is 33.4 Å². The van der Waals surface area contributed by atoms with Gasteiger partial charge in [-0.25, -0.2) is 4.39 Å². The summed E-state index contributed by atoms with van der Waals surface area (Å²) in [4.78, 5) is 13.1. The minimum absolute atomic E-state index is 0.0246. The fourth-order valence-corrected chi connectivity index (χ4v) is 4.75. The maximum Gasteiger partial charge on any atom is 0.262 e. The van der Waals surface area contributed by atoms with Crippen molar-refractivity contribution in [3.8, 4) is 22.5 Å². The monoisotopic (exact) mass is 416 g/mol. The maximum atomic E-state index is 13.1. The zero-order chi connectivity index (χ0) is 21.4. The van der Waals surface area contributed by atoms with E-state index in [-0.39, 0.29) is 17.6 Å². The van der Waals surface area contributed by atoms with Crippen LogP contribution >= 0.6 is 0 Å². The normalized spacial score (nSPS) is 15.5. The van der Waals surface area contributed by atoms with Gasteiger partial charge in [-0.2, -0.15) is 0 Å². The number of hydrogen-bond donors (Lipinski definition) is 1. The first-order valence-electron chi connectivity index (χ1n) is 10.8. The molecule has 1 aliphatic rings. The van der Waals surface area contributed by atoms with Crippen molar-refractivity contribution in [3.63, 3.8) is 0 Å². The van der Waals surface area contributed by atoms with E-state index >= 15 is 0 Å². The summed E-state index contributed by atoms with van der Waals surface area (Å²) < 4.78 is 20.6. The van der Waals surface area contributed by atoms with E-state index < -0.39 is 6.67 Å². The Hall–Kier alpha value is -3.18. The van der Waals surface area contributed by atoms with Gasteiger partial charge < -0.3 is 14.7 Å². The maximum absolute atomic E-state index is 13.1. The van der Waals surface area contributed by atoms with Gasteiger partial charge in [0.15, 0.2) is 0 Å². The van der Waals surface area contributed by atoms with Gasteiger partial charge in [-0.05, 0) is 30.0 Å². The van der Waals surface area contributed by atoms with E-state index in [1.165, 1.54) is 4.57 Å². The molecule has 4 aromatic rings. The lowest BCUT2D eigenvalue weighted by Crippen LogP contribution is -2.32. The van der Waals surface area contributed by atoms with Gasteiger partial charge in [-0.3, -0.25) is 4.79 Å². The van der Waals surface area contributed by atoms with Crippen LogP contribution in [0.5, 0.6) is 0 Å². The van der Waals surface area contributed by atoms with E-state index in [1.807, 2.05) is 42.5 Å². The van der Waals surface area contributed by atoms with Crippen LogP contribution in [0.2, 0.25) is 0 Å². The third kappa shape index (κ3) is 3.39. The molecule has 0 amide bonds. The Balaban J connectivity index is 1.70. The first-order valence-corrected chi connectivity index (χ1v) is 10.8. The molecule has 0 atom stereocenters. The Morgan fingerprint density at radius 3 is 2.35 bits per heavy atom. The predicted molar refractivity (Wildman–Crippen MR) is 122 cm³/mol. The van der Waals surface area contributed by atoms with Crippen LogP contribution < -0.4 is 11.3 Å². The van der Waals surface area contributed by atoms with Crippen molar-refractivity contribution in [1.82, 2.24) is 4.57 Å². The Morgan fingerprint density at radius 1 is 0.968 bits per heavy atom. The molecule has 1 saturated carbocycles. The molecule has 0 bridgehead atoms. The first-order chi connectivity index (χ1) is 15.1. The molecule has 5 rings (SSSR count). The Labute approximate surface area is 180 Å². The summed E-state index contributed by atoms with van der Waals surface area (Å²) in [6.45, 7) is -0.574. The lowest BCUT2D eigenvalue weighted by molar-refractivity contribution is 0.441. The number of nitrogens with two attached hydrogens (primary N) is 1. The van der Waals surface area contributed by atoms with Crippen molar-refractivity contribution in [2.24, 2.45) is 5.73 Å². The van der Waals surface area contributed by atoms with Gasteiger partial charge in [0.1, 0.15) is 18.0 Å². The van der Waals surface area contributed by atoms with Crippen molar-refractivity contribution in [2.45, 2.75) is 37.8 Å². The van der Waals surface area contributed by atoms with Crippen molar-refractivity contribution in [2.75, 3.05) is 6.67 Å². The second-order valence-corrected chi connectivity index (χ2v) is 8.36. The third-order valence-corrected chi connectivity index (χ3v) is 6.42. The highest BCUT2D eigenvalue weighted by atomic mass is 19.1. The number of pyridine rings is 1. The number of alkyl halides is 1. The molecular weight excluding hydrogens is 391 g/mol. The molecule has 0 unspecified atom stereocenters. The number of rotatable bonds is 5. The highest BCUT2D eigenvalue weighted by Gasteiger charge is 2.31. The van der Waals surface area contributed by atoms with Crippen LogP contribution in [-0.4, -0.2) is 11.2 Å². The number of furan rings is 1. The number of halogens is 1. The summed E-state index contributed by atoms with van der Waals surface area (Å²) >= 11 is 0. The highest BCUT2D eigenvalue weighted by Crippen LogP contribution is 2.41. The van der Waals surface area contributed by atoms with Crippen LogP contribution in [0.4, 0.5) is 4.39 Å². The fourth-order valence-electron chi connectivity index (χ4n) is 4.75. The molecule has 0 spiro atoms. The standard InChI is InChI=1S/C26H25FN2O2/c27-15-17-29-16-12-21-23(25(29)30)22(18-6-2-1-3-7-18)24(31-21)19-8-10-20(11-9-19)26(28)13-4-5-14-26/h1-3,6-12,16H,4-5,13-15,17,28H2. The average molecular weight is 416 g/mol. The van der Waals surface area contributed by atoms with Crippen molar-refractivity contribution < 1.29 is 8.81 Å². The predicted octanol–water partition coefficient (Wildman–Crippen LogP) is 5.63. The van der Waals surface area contributed by atoms with Gasteiger partial charge in [0.05, 0.1) is 11.9 Å². The molecule has 4 nitrogen and oxygen atoms in total. The molecule has 2 N–H and O–H groups in total. The van der Waals surface area contributed by atoms with E-state index in [0.29, 0.717) is 16.7 Å². The SMILES string of the molecule is NC1(c2ccc(-c3oc4ccn(CCF)c(=O)c4c3-c3ccccc3)cc2)CCCC1. The van der Waals surface area contributed by atoms with E-state index in [2.05, 4.69) is 12.1 Å². The van der Waals surface area contributed by atoms with E-state index in [4.69, 9.17) is 10.2 Å². The second kappa shape index (κ2) is 7.82. The largest absolute Gasteiger partial charge is 0.455 e. The fraction of sp³-hybridized carbons (Fsp3) is 0.269. The summed E-state index contributed by atoms with van der Waals surface area (Å²) in [6, 6.07) is 19.6. The van der Waals surface area contributed by atoms with Gasteiger partial charge in [0.25, 0.3) is 5.56 Å². The Morgan fingerprint density at radius 2 is 1.68 bits per heavy atom. The van der Waals surface area contributed by atoms with E-state index in [0.717, 1.165) is 47.9 Å². The quantitative estimate of drug-likeness (QED) is 0.459. The van der Waals surface area contributed by atoms with Crippen LogP contribution in [0.3, 0.4) is 0 Å². The lowest BCUT2D eigenvalue weighted by Gasteiger charge is -2.24. The molecule has 158 valence electrons. The van der Waals surface area contributed by atoms with Gasteiger partial charge in [0.2, 0.25) is 0 Å². The summed E-state index contributed by atoms with van der Waals surface area (Å²) in [5.41, 5.74) is 10.3. The molecule has 2 aromatic carbocycles. The summed E-state index contributed by atoms with van der Waals surface area (Å²) in [5.74, 6) is 0.639. The smallest absolute Gasteiger partial charge is 0.262 e. The summed E-state index contributed by atoms with van der Waals surface area (Å²) in [6.07, 6.45) is 5.91. The number of nitrogens with zero attached hydrogens (tertiary/aromatic N) is 1. The second-order valence-electron chi connectivity index (χ2n) is 8.36. The highest BCUT2D eigenvalue weighted by molar-refractivity contribution is 6.01. The van der Waals surface area contributed by atoms with Gasteiger partial charge in [0, 0.05) is 22.9 Å². The number of aryl methyl sites for hydroxylation is 1. The van der Waals surface area contributed by atoms with Crippen LogP contribution in [0, 0.1) is 0 Å². The van der Waals surface area contributed by atoms with Crippen LogP contribution in [0.15, 0.2) is 76.1 Å². The first kappa shape index (κ1) is 19.8. The van der Waals surface area contributed by atoms with E-state index in [1.54, 1.807) is 12.3 Å². The topological polar surface area (TPSA) is 61.2 Å². The molecule has 0 aliphatic heterocycles. The third-order valence-electron chi connectivity index (χ3n) is 6.42. The molecule has 0 radical (unpaired) electrons. The Bertz CT molecular complexity index is 1270. The number of fused-ring (bicyclic) bond motifs is 1. The minimum Gasteiger partial charge on any atom is -0.455 e. The van der Waals surface area contributed by atoms with Gasteiger partial charge >= 0.3 is 0 Å². The molecule has 2 heterocycles. The van der Waals surface area contributed by atoms with Gasteiger partial charge in [-0.1, -0.05) is 67.4 Å². The van der Waals surface area contributed by atoms with Crippen LogP contribution in [-0.2, 0) is 12.1 Å². The van der Waals surface area contributed by atoms with Crippen molar-refractivity contribution in [1.29, 1.82) is 0 Å². The molecule has 31 heavy (non-hydrogen) atoms. The van der Waals surface area contributed by atoms with Crippen LogP contribution in [0.1, 0.15) is 31.2 Å². The molecular formula is C26H25FN2O2. The molecule has 5 heteroatoms. The molecule has 1 fully saturated rings. The van der Waals surface area contributed by atoms with Crippen molar-refractivity contribution in [3.05, 3.63) is 82.8 Å². The number of benzene rings is 2. The number of aromatic nitrogens is 1. The van der Waals surface area contributed by atoms with E-state index in [9.17, 15) is 9.18 Å². The Kier molecular flexibility index (Phi) is 4.98. The minimum atomic E-state index is -0.598. The molecule has 0 saturated heterocycles. The molecule has 1 aliphatic carbocycles. The average Bonchev–Trinajstić information content (AvgIpc) is 3.42. The van der Waals surface area contributed by atoms with Crippen molar-refractivity contribution >= 4 is 11.0 Å². The number of hydrogen-bond acceptors (Lipinski definition) is 3. The summed E-state index contributed by atoms with van der Waals surface area (Å²) in [7, 11) is 0. The molecule has 2 aromatic heterocycles. The lowest BCUT2D eigenvalue weighted by atomic mass is 9.88. The zero-order valence-electron chi connectivity index (χ0n) is 17.3. The summed E-state index contributed by atoms with van der Waals surface area (Å²) in [5, 5.41) is 0.479. The zero-order valence-corrected chi connectivity index (χ0v) is 17.3.